The number of allylic oxidation sites excluding steroid dienone is 2. The maximum Gasteiger partial charge on any atom is 0.306 e. The molecule has 0 saturated carbocycles. The predicted molar refractivity (Wildman–Crippen MR) is 210 cm³/mol. The second-order valence-corrected chi connectivity index (χ2v) is 16.5. The molecule has 0 aromatic carbocycles. The molecular formula is C41H76O12S. The van der Waals surface area contributed by atoms with Gasteiger partial charge < -0.3 is 34.3 Å². The largest absolute Gasteiger partial charge is 0.462 e. The van der Waals surface area contributed by atoms with Crippen molar-refractivity contribution in [2.45, 2.75) is 218 Å². The molecule has 0 amide bonds. The Balaban J connectivity index is 2.45. The van der Waals surface area contributed by atoms with Gasteiger partial charge >= 0.3 is 11.9 Å². The van der Waals surface area contributed by atoms with E-state index in [0.717, 1.165) is 38.5 Å². The molecule has 0 aromatic heterocycles. The van der Waals surface area contributed by atoms with Gasteiger partial charge in [0.1, 0.15) is 36.8 Å². The molecule has 1 fully saturated rings. The molecule has 0 aliphatic carbocycles. The second-order valence-electron chi connectivity index (χ2n) is 15.0. The van der Waals surface area contributed by atoms with Gasteiger partial charge in [0.2, 0.25) is 0 Å². The lowest BCUT2D eigenvalue weighted by Crippen LogP contribution is -2.60. The number of rotatable bonds is 35. The lowest BCUT2D eigenvalue weighted by Gasteiger charge is -2.40. The van der Waals surface area contributed by atoms with E-state index >= 15 is 0 Å². The molecule has 2 unspecified atom stereocenters. The smallest absolute Gasteiger partial charge is 0.306 e. The van der Waals surface area contributed by atoms with E-state index < -0.39 is 71.2 Å². The van der Waals surface area contributed by atoms with Gasteiger partial charge in [0.05, 0.1) is 6.61 Å². The van der Waals surface area contributed by atoms with Gasteiger partial charge in [-0.2, -0.15) is 8.42 Å². The maximum absolute atomic E-state index is 12.8. The summed E-state index contributed by atoms with van der Waals surface area (Å²) in [6, 6.07) is 0. The van der Waals surface area contributed by atoms with Crippen LogP contribution in [0.1, 0.15) is 181 Å². The molecule has 6 atom stereocenters. The zero-order chi connectivity index (χ0) is 39.9. The highest BCUT2D eigenvalue weighted by molar-refractivity contribution is 7.85. The van der Waals surface area contributed by atoms with Gasteiger partial charge in [0.15, 0.2) is 12.4 Å². The van der Waals surface area contributed by atoms with E-state index in [-0.39, 0.29) is 19.4 Å². The molecule has 0 spiro atoms. The summed E-state index contributed by atoms with van der Waals surface area (Å²) < 4.78 is 53.9. The summed E-state index contributed by atoms with van der Waals surface area (Å²) in [5.74, 6) is -1.98. The average molecular weight is 793 g/mol. The fourth-order valence-electron chi connectivity index (χ4n) is 6.49. The molecule has 13 heteroatoms. The van der Waals surface area contributed by atoms with Crippen molar-refractivity contribution in [1.29, 1.82) is 0 Å². The molecule has 0 bridgehead atoms. The summed E-state index contributed by atoms with van der Waals surface area (Å²) in [7, 11) is -4.59. The van der Waals surface area contributed by atoms with Gasteiger partial charge in [-0.05, 0) is 38.5 Å². The second kappa shape index (κ2) is 32.5. The van der Waals surface area contributed by atoms with Gasteiger partial charge in [-0.15, -0.1) is 0 Å². The summed E-state index contributed by atoms with van der Waals surface area (Å²) in [5, 5.41) is 30.8. The number of carbonyl (C=O) groups is 2. The molecule has 54 heavy (non-hydrogen) atoms. The monoisotopic (exact) mass is 793 g/mol. The van der Waals surface area contributed by atoms with E-state index in [4.69, 9.17) is 18.9 Å². The Labute approximate surface area is 326 Å². The van der Waals surface area contributed by atoms with Crippen LogP contribution in [0.2, 0.25) is 0 Å². The summed E-state index contributed by atoms with van der Waals surface area (Å²) in [6.45, 7) is 3.71. The Morgan fingerprint density at radius 3 is 1.56 bits per heavy atom. The van der Waals surface area contributed by atoms with E-state index in [2.05, 4.69) is 26.0 Å². The third-order valence-electron chi connectivity index (χ3n) is 9.85. The number of esters is 2. The molecule has 1 rings (SSSR count). The topological polar surface area (TPSA) is 186 Å². The minimum absolute atomic E-state index is 0.166. The Hall–Kier alpha value is -1.61. The lowest BCUT2D eigenvalue weighted by atomic mass is 10.00. The lowest BCUT2D eigenvalue weighted by molar-refractivity contribution is -0.297. The maximum atomic E-state index is 12.8. The molecule has 1 aliphatic heterocycles. The van der Waals surface area contributed by atoms with Crippen molar-refractivity contribution in [3.63, 3.8) is 0 Å². The molecule has 0 aromatic rings. The number of hydrogen-bond donors (Lipinski definition) is 4. The van der Waals surface area contributed by atoms with Crippen LogP contribution >= 0.6 is 0 Å². The first-order valence-electron chi connectivity index (χ1n) is 21.2. The highest BCUT2D eigenvalue weighted by atomic mass is 32.2. The third kappa shape index (κ3) is 27.1. The van der Waals surface area contributed by atoms with Crippen LogP contribution < -0.4 is 0 Å². The first-order chi connectivity index (χ1) is 26.0. The molecule has 4 N–H and O–H groups in total. The van der Waals surface area contributed by atoms with Crippen molar-refractivity contribution in [2.24, 2.45) is 0 Å². The number of hydrogen-bond acceptors (Lipinski definition) is 11. The Kier molecular flexibility index (Phi) is 30.3. The molecule has 1 aliphatic rings. The van der Waals surface area contributed by atoms with Crippen molar-refractivity contribution in [2.75, 3.05) is 19.0 Å². The first kappa shape index (κ1) is 50.4. The quantitative estimate of drug-likeness (QED) is 0.0211. The highest BCUT2D eigenvalue weighted by Crippen LogP contribution is 2.24. The van der Waals surface area contributed by atoms with E-state index in [1.165, 1.54) is 103 Å². The van der Waals surface area contributed by atoms with Crippen LogP contribution in [0.4, 0.5) is 0 Å². The Bertz CT molecular complexity index is 1070. The zero-order valence-electron chi connectivity index (χ0n) is 33.6. The number of aliphatic hydroxyl groups excluding tert-OH is 3. The molecule has 0 radical (unpaired) electrons. The minimum Gasteiger partial charge on any atom is -0.462 e. The summed E-state index contributed by atoms with van der Waals surface area (Å²) >= 11 is 0. The zero-order valence-corrected chi connectivity index (χ0v) is 34.4. The average Bonchev–Trinajstić information content (AvgIpc) is 3.13. The van der Waals surface area contributed by atoms with Crippen molar-refractivity contribution < 1.29 is 56.8 Å². The van der Waals surface area contributed by atoms with Gasteiger partial charge in [0.25, 0.3) is 10.1 Å². The number of carbonyl (C=O) groups excluding carboxylic acids is 2. The number of unbranched alkanes of at least 4 members (excludes halogenated alkanes) is 21. The van der Waals surface area contributed by atoms with E-state index in [1.807, 2.05) is 0 Å². The fourth-order valence-corrected chi connectivity index (χ4v) is 7.19. The van der Waals surface area contributed by atoms with Crippen LogP contribution in [0.5, 0.6) is 0 Å². The first-order valence-corrected chi connectivity index (χ1v) is 22.9. The third-order valence-corrected chi connectivity index (χ3v) is 10.6. The number of aliphatic hydroxyl groups is 3. The molecule has 318 valence electrons. The predicted octanol–water partition coefficient (Wildman–Crippen LogP) is 7.89. The van der Waals surface area contributed by atoms with Crippen LogP contribution in [0.25, 0.3) is 0 Å². The van der Waals surface area contributed by atoms with Crippen LogP contribution in [0, 0.1) is 0 Å². The van der Waals surface area contributed by atoms with Crippen LogP contribution in [0.3, 0.4) is 0 Å². The van der Waals surface area contributed by atoms with Gasteiger partial charge in [-0.3, -0.25) is 14.1 Å². The Morgan fingerprint density at radius 2 is 1.06 bits per heavy atom. The van der Waals surface area contributed by atoms with E-state index in [0.29, 0.717) is 12.8 Å². The van der Waals surface area contributed by atoms with Crippen molar-refractivity contribution >= 4 is 22.1 Å². The Morgan fingerprint density at radius 1 is 0.611 bits per heavy atom. The molecule has 1 saturated heterocycles. The van der Waals surface area contributed by atoms with Gasteiger partial charge in [0, 0.05) is 12.8 Å². The van der Waals surface area contributed by atoms with Crippen molar-refractivity contribution in [3.05, 3.63) is 12.2 Å². The van der Waals surface area contributed by atoms with Crippen LogP contribution in [-0.2, 0) is 38.7 Å². The SMILES string of the molecule is CCCCCC/C=C/CCCCCCCCCCCC(=O)O[C@H](COC(=O)CCCCCCCCCCC)CO[C@H]1O[C@H](CS(=O)(=O)O)[C@@H](O)C(O)C1O. The molecule has 12 nitrogen and oxygen atoms in total. The summed E-state index contributed by atoms with van der Waals surface area (Å²) in [4.78, 5) is 25.2. The summed E-state index contributed by atoms with van der Waals surface area (Å²) in [6.07, 6.45) is 22.7. The molecular weight excluding hydrogens is 717 g/mol. The summed E-state index contributed by atoms with van der Waals surface area (Å²) in [5.41, 5.74) is 0. The van der Waals surface area contributed by atoms with Gasteiger partial charge in [-0.1, -0.05) is 142 Å². The van der Waals surface area contributed by atoms with E-state index in [9.17, 15) is 37.9 Å². The van der Waals surface area contributed by atoms with Crippen LogP contribution in [-0.4, -0.2) is 96.0 Å². The van der Waals surface area contributed by atoms with E-state index in [1.54, 1.807) is 0 Å². The van der Waals surface area contributed by atoms with Crippen molar-refractivity contribution in [1.82, 2.24) is 0 Å². The van der Waals surface area contributed by atoms with Crippen LogP contribution in [0.15, 0.2) is 12.2 Å². The minimum atomic E-state index is -4.59. The highest BCUT2D eigenvalue weighted by Gasteiger charge is 2.46. The molecule has 1 heterocycles. The van der Waals surface area contributed by atoms with Gasteiger partial charge in [-0.25, -0.2) is 0 Å². The number of ether oxygens (including phenoxy) is 4. The van der Waals surface area contributed by atoms with Crippen molar-refractivity contribution in [3.8, 4) is 0 Å². The fraction of sp³-hybridized carbons (Fsp3) is 0.902. The standard InChI is InChI=1S/C41H76O12S/c1-3-5-7-9-11-13-14-15-16-17-18-19-20-22-24-26-28-30-37(43)52-34(31-50-36(42)29-27-25-23-21-12-10-8-6-4-2)32-51-41-40(46)39(45)38(44)35(53-41)33-54(47,48)49/h13-14,34-35,38-41,44-46H,3-12,15-33H2,1-2H3,(H,47,48,49)/b14-13+/t34-,35-,38-,39?,40?,41+/m1/s1. The normalized spacial score (nSPS) is 21.0.